The second-order valence-corrected chi connectivity index (χ2v) is 13.7. The molecule has 0 radical (unpaired) electrons. The Bertz CT molecular complexity index is 566. The first kappa shape index (κ1) is 35.8. The molecule has 3 unspecified atom stereocenters. The number of allylic oxidation sites excluding steroid dienone is 2. The minimum absolute atomic E-state index is 0.357. The zero-order valence-electron chi connectivity index (χ0n) is 26.6. The lowest BCUT2D eigenvalue weighted by Crippen LogP contribution is -2.35. The van der Waals surface area contributed by atoms with Crippen LogP contribution in [0.4, 0.5) is 0 Å². The Labute approximate surface area is 250 Å². The summed E-state index contributed by atoms with van der Waals surface area (Å²) in [7, 11) is 0. The third-order valence-corrected chi connectivity index (χ3v) is 10.6. The normalized spacial score (nSPS) is 21.1. The number of hydrogen-bond donors (Lipinski definition) is 3. The summed E-state index contributed by atoms with van der Waals surface area (Å²) >= 11 is 0. The van der Waals surface area contributed by atoms with Crippen LogP contribution in [-0.4, -0.2) is 35.1 Å². The van der Waals surface area contributed by atoms with Crippen LogP contribution in [0, 0.1) is 23.2 Å². The van der Waals surface area contributed by atoms with Crippen molar-refractivity contribution in [3.8, 4) is 0 Å². The van der Waals surface area contributed by atoms with Gasteiger partial charge in [0.1, 0.15) is 0 Å². The van der Waals surface area contributed by atoms with Gasteiger partial charge in [0.15, 0.2) is 0 Å². The first-order valence-electron chi connectivity index (χ1n) is 18.3. The minimum Gasteiger partial charge on any atom is -0.396 e. The molecule has 2 rings (SSSR count). The van der Waals surface area contributed by atoms with Crippen molar-refractivity contribution in [2.45, 2.75) is 180 Å². The minimum atomic E-state index is 0.357. The van der Waals surface area contributed by atoms with E-state index in [0.29, 0.717) is 25.2 Å². The predicted molar refractivity (Wildman–Crippen MR) is 173 cm³/mol. The van der Waals surface area contributed by atoms with E-state index in [9.17, 15) is 0 Å². The van der Waals surface area contributed by atoms with Crippen LogP contribution in [0.3, 0.4) is 0 Å². The standard InChI is InChI=1S/C37H70O3/c38-30-22-16-10-4-1-7-13-19-25-36-34-26-27-35(33-34)37(36,28-20-14-8-2-5-11-17-23-31-39)29-21-15-9-3-6-12-18-24-32-40/h26-27,34-36,38-40H,1-25,28-33H2. The van der Waals surface area contributed by atoms with E-state index >= 15 is 0 Å². The van der Waals surface area contributed by atoms with Crippen molar-refractivity contribution in [1.82, 2.24) is 0 Å². The molecule has 3 heteroatoms. The molecule has 0 amide bonds. The smallest absolute Gasteiger partial charge is 0.0431 e. The molecule has 2 aliphatic carbocycles. The highest BCUT2D eigenvalue weighted by Crippen LogP contribution is 2.62. The fourth-order valence-electron chi connectivity index (χ4n) is 8.31. The van der Waals surface area contributed by atoms with Gasteiger partial charge in [-0.1, -0.05) is 147 Å². The molecular formula is C37H70O3. The fourth-order valence-corrected chi connectivity index (χ4v) is 8.31. The second kappa shape index (κ2) is 24.1. The van der Waals surface area contributed by atoms with Crippen LogP contribution in [0.2, 0.25) is 0 Å². The predicted octanol–water partition coefficient (Wildman–Crippen LogP) is 10.3. The molecule has 3 nitrogen and oxygen atoms in total. The van der Waals surface area contributed by atoms with Crippen molar-refractivity contribution in [1.29, 1.82) is 0 Å². The molecule has 2 bridgehead atoms. The molecule has 2 aliphatic rings. The second-order valence-electron chi connectivity index (χ2n) is 13.7. The van der Waals surface area contributed by atoms with E-state index in [0.717, 1.165) is 37.0 Å². The number of fused-ring (bicyclic) bond motifs is 2. The summed E-state index contributed by atoms with van der Waals surface area (Å²) in [6.07, 6.45) is 42.5. The first-order chi connectivity index (χ1) is 19.8. The van der Waals surface area contributed by atoms with Gasteiger partial charge in [0.25, 0.3) is 0 Å². The summed E-state index contributed by atoms with van der Waals surface area (Å²) in [5, 5.41) is 26.9. The van der Waals surface area contributed by atoms with Crippen LogP contribution in [-0.2, 0) is 0 Å². The van der Waals surface area contributed by atoms with Gasteiger partial charge in [-0.25, -0.2) is 0 Å². The van der Waals surface area contributed by atoms with Gasteiger partial charge in [-0.15, -0.1) is 0 Å². The van der Waals surface area contributed by atoms with Crippen LogP contribution >= 0.6 is 0 Å². The summed E-state index contributed by atoms with van der Waals surface area (Å²) in [6.45, 7) is 1.07. The third kappa shape index (κ3) is 14.2. The van der Waals surface area contributed by atoms with Crippen molar-refractivity contribution >= 4 is 0 Å². The topological polar surface area (TPSA) is 60.7 Å². The number of unbranched alkanes of at least 4 members (excludes halogenated alkanes) is 21. The SMILES string of the molecule is OCCCCCCCCCCC1C2C=CC(C2)C1(CCCCCCCCCCO)CCCCCCCCCCO. The Balaban J connectivity index is 1.77. The van der Waals surface area contributed by atoms with Crippen LogP contribution < -0.4 is 0 Å². The summed E-state index contributed by atoms with van der Waals surface area (Å²) in [6, 6.07) is 0. The molecule has 1 saturated carbocycles. The van der Waals surface area contributed by atoms with Crippen molar-refractivity contribution in [3.05, 3.63) is 12.2 Å². The molecule has 0 aliphatic heterocycles. The van der Waals surface area contributed by atoms with E-state index in [1.54, 1.807) is 0 Å². The van der Waals surface area contributed by atoms with Gasteiger partial charge in [-0.2, -0.15) is 0 Å². The summed E-state index contributed by atoms with van der Waals surface area (Å²) < 4.78 is 0. The number of aliphatic hydroxyl groups is 3. The van der Waals surface area contributed by atoms with Crippen LogP contribution in [0.25, 0.3) is 0 Å². The number of hydrogen-bond acceptors (Lipinski definition) is 3. The maximum absolute atomic E-state index is 8.99. The molecule has 0 spiro atoms. The molecule has 0 aromatic rings. The molecule has 3 atom stereocenters. The molecule has 0 saturated heterocycles. The Hall–Kier alpha value is -0.380. The summed E-state index contributed by atoms with van der Waals surface area (Å²) in [5.74, 6) is 2.65. The van der Waals surface area contributed by atoms with E-state index in [-0.39, 0.29) is 0 Å². The molecule has 0 aromatic carbocycles. The van der Waals surface area contributed by atoms with Gasteiger partial charge >= 0.3 is 0 Å². The molecule has 236 valence electrons. The first-order valence-corrected chi connectivity index (χ1v) is 18.3. The van der Waals surface area contributed by atoms with E-state index in [4.69, 9.17) is 15.3 Å². The molecule has 0 heterocycles. The van der Waals surface area contributed by atoms with Gasteiger partial charge in [0, 0.05) is 19.8 Å². The fraction of sp³-hybridized carbons (Fsp3) is 0.946. The number of aliphatic hydroxyl groups excluding tert-OH is 3. The summed E-state index contributed by atoms with van der Waals surface area (Å²) in [5.41, 5.74) is 0.589. The Morgan fingerprint density at radius 2 is 0.775 bits per heavy atom. The average molecular weight is 563 g/mol. The zero-order valence-corrected chi connectivity index (χ0v) is 26.6. The van der Waals surface area contributed by atoms with E-state index in [2.05, 4.69) is 12.2 Å². The quantitative estimate of drug-likeness (QED) is 0.0603. The zero-order chi connectivity index (χ0) is 28.6. The van der Waals surface area contributed by atoms with Crippen molar-refractivity contribution < 1.29 is 15.3 Å². The highest BCUT2D eigenvalue weighted by molar-refractivity contribution is 5.19. The van der Waals surface area contributed by atoms with Gasteiger partial charge < -0.3 is 15.3 Å². The number of rotatable bonds is 30. The Morgan fingerprint density at radius 1 is 0.425 bits per heavy atom. The maximum Gasteiger partial charge on any atom is 0.0431 e. The highest BCUT2D eigenvalue weighted by atomic mass is 16.3. The van der Waals surface area contributed by atoms with Crippen molar-refractivity contribution in [2.75, 3.05) is 19.8 Å². The Kier molecular flexibility index (Phi) is 21.6. The average Bonchev–Trinajstić information content (AvgIpc) is 3.56. The largest absolute Gasteiger partial charge is 0.396 e. The van der Waals surface area contributed by atoms with Crippen LogP contribution in [0.5, 0.6) is 0 Å². The van der Waals surface area contributed by atoms with Gasteiger partial charge in [-0.3, -0.25) is 0 Å². The molecule has 3 N–H and O–H groups in total. The highest BCUT2D eigenvalue weighted by Gasteiger charge is 2.53. The van der Waals surface area contributed by atoms with Gasteiger partial charge in [-0.05, 0) is 68.1 Å². The van der Waals surface area contributed by atoms with E-state index in [1.807, 2.05) is 0 Å². The van der Waals surface area contributed by atoms with E-state index < -0.39 is 0 Å². The van der Waals surface area contributed by atoms with Crippen molar-refractivity contribution in [2.24, 2.45) is 23.2 Å². The Morgan fingerprint density at radius 3 is 1.18 bits per heavy atom. The lowest BCUT2D eigenvalue weighted by Gasteiger charge is -2.43. The van der Waals surface area contributed by atoms with Gasteiger partial charge in [0.05, 0.1) is 0 Å². The summed E-state index contributed by atoms with van der Waals surface area (Å²) in [4.78, 5) is 0. The lowest BCUT2D eigenvalue weighted by atomic mass is 9.61. The maximum atomic E-state index is 8.99. The van der Waals surface area contributed by atoms with Crippen LogP contribution in [0.1, 0.15) is 180 Å². The molecule has 40 heavy (non-hydrogen) atoms. The van der Waals surface area contributed by atoms with Gasteiger partial charge in [0.2, 0.25) is 0 Å². The monoisotopic (exact) mass is 563 g/mol. The molecular weight excluding hydrogens is 492 g/mol. The van der Waals surface area contributed by atoms with E-state index in [1.165, 1.54) is 161 Å². The molecule has 1 fully saturated rings. The lowest BCUT2D eigenvalue weighted by molar-refractivity contribution is 0.0910. The van der Waals surface area contributed by atoms with Crippen molar-refractivity contribution in [3.63, 3.8) is 0 Å². The molecule has 0 aromatic heterocycles. The third-order valence-electron chi connectivity index (χ3n) is 10.6. The van der Waals surface area contributed by atoms with Crippen LogP contribution in [0.15, 0.2) is 12.2 Å².